The Morgan fingerprint density at radius 3 is 2.37 bits per heavy atom. The molecule has 1 aromatic carbocycles. The first kappa shape index (κ1) is 14.4. The summed E-state index contributed by atoms with van der Waals surface area (Å²) >= 11 is 3.55. The van der Waals surface area contributed by atoms with Crippen LogP contribution in [0.3, 0.4) is 0 Å². The Labute approximate surface area is 123 Å². The second-order valence-corrected chi connectivity index (χ2v) is 6.55. The molecule has 0 spiro atoms. The molecule has 0 amide bonds. The van der Waals surface area contributed by atoms with Crippen LogP contribution < -0.4 is 5.32 Å². The molecule has 0 fully saturated rings. The van der Waals surface area contributed by atoms with Crippen LogP contribution in [0.25, 0.3) is 0 Å². The van der Waals surface area contributed by atoms with Crippen molar-refractivity contribution in [3.05, 3.63) is 58.0 Å². The summed E-state index contributed by atoms with van der Waals surface area (Å²) in [5.74, 6) is 0.916. The van der Waals surface area contributed by atoms with E-state index in [1.54, 1.807) is 6.26 Å². The van der Waals surface area contributed by atoms with Crippen molar-refractivity contribution in [3.8, 4) is 0 Å². The van der Waals surface area contributed by atoms with Gasteiger partial charge in [0.05, 0.1) is 16.8 Å². The highest BCUT2D eigenvalue weighted by Crippen LogP contribution is 2.35. The molecule has 1 unspecified atom stereocenters. The molecule has 2 aromatic rings. The van der Waals surface area contributed by atoms with E-state index in [4.69, 9.17) is 4.42 Å². The molecule has 1 atom stereocenters. The molecule has 102 valence electrons. The summed E-state index contributed by atoms with van der Waals surface area (Å²) in [5.41, 5.74) is 2.69. The van der Waals surface area contributed by atoms with Gasteiger partial charge in [-0.25, -0.2) is 0 Å². The van der Waals surface area contributed by atoms with Crippen molar-refractivity contribution in [1.29, 1.82) is 0 Å². The van der Waals surface area contributed by atoms with Crippen molar-refractivity contribution in [2.45, 2.75) is 32.2 Å². The fraction of sp³-hybridized carbons (Fsp3) is 0.375. The molecule has 2 rings (SSSR count). The van der Waals surface area contributed by atoms with E-state index < -0.39 is 0 Å². The maximum Gasteiger partial charge on any atom is 0.139 e. The van der Waals surface area contributed by atoms with Crippen LogP contribution in [0.4, 0.5) is 0 Å². The van der Waals surface area contributed by atoms with E-state index in [1.807, 2.05) is 13.1 Å². The van der Waals surface area contributed by atoms with Crippen LogP contribution in [0.1, 0.15) is 43.7 Å². The van der Waals surface area contributed by atoms with E-state index in [0.29, 0.717) is 0 Å². The Morgan fingerprint density at radius 1 is 1.16 bits per heavy atom. The quantitative estimate of drug-likeness (QED) is 0.890. The molecule has 1 heterocycles. The molecular weight excluding hydrogens is 302 g/mol. The van der Waals surface area contributed by atoms with Gasteiger partial charge in [0.2, 0.25) is 0 Å². The summed E-state index contributed by atoms with van der Waals surface area (Å²) in [6, 6.07) is 10.5. The second-order valence-electron chi connectivity index (χ2n) is 5.69. The maximum atomic E-state index is 5.63. The molecule has 2 nitrogen and oxygen atoms in total. The van der Waals surface area contributed by atoms with Crippen molar-refractivity contribution < 1.29 is 4.42 Å². The highest BCUT2D eigenvalue weighted by molar-refractivity contribution is 9.10. The van der Waals surface area contributed by atoms with E-state index in [1.165, 1.54) is 11.1 Å². The van der Waals surface area contributed by atoms with Crippen molar-refractivity contribution in [2.75, 3.05) is 7.05 Å². The minimum Gasteiger partial charge on any atom is -0.466 e. The van der Waals surface area contributed by atoms with Gasteiger partial charge in [-0.2, -0.15) is 0 Å². The monoisotopic (exact) mass is 321 g/mol. The third-order valence-corrected chi connectivity index (χ3v) is 3.93. The fourth-order valence-corrected chi connectivity index (χ4v) is 2.80. The third kappa shape index (κ3) is 2.93. The second kappa shape index (κ2) is 5.51. The largest absolute Gasteiger partial charge is 0.466 e. The molecule has 19 heavy (non-hydrogen) atoms. The number of furan rings is 1. The first-order chi connectivity index (χ1) is 8.95. The smallest absolute Gasteiger partial charge is 0.139 e. The van der Waals surface area contributed by atoms with E-state index in [9.17, 15) is 0 Å². The van der Waals surface area contributed by atoms with Gasteiger partial charge in [-0.15, -0.1) is 0 Å². The Kier molecular flexibility index (Phi) is 4.16. The van der Waals surface area contributed by atoms with Crippen LogP contribution in [0.15, 0.2) is 45.5 Å². The third-order valence-electron chi connectivity index (χ3n) is 3.28. The average Bonchev–Trinajstić information content (AvgIpc) is 2.76. The molecule has 0 radical (unpaired) electrons. The summed E-state index contributed by atoms with van der Waals surface area (Å²) in [7, 11) is 1.96. The molecule has 0 aliphatic heterocycles. The summed E-state index contributed by atoms with van der Waals surface area (Å²) in [6.07, 6.45) is 1.71. The van der Waals surface area contributed by atoms with Crippen LogP contribution >= 0.6 is 15.9 Å². The van der Waals surface area contributed by atoms with Crippen molar-refractivity contribution in [1.82, 2.24) is 5.32 Å². The van der Waals surface area contributed by atoms with E-state index in [0.717, 1.165) is 10.2 Å². The van der Waals surface area contributed by atoms with Gasteiger partial charge in [-0.1, -0.05) is 45.0 Å². The van der Waals surface area contributed by atoms with E-state index in [2.05, 4.69) is 66.3 Å². The summed E-state index contributed by atoms with van der Waals surface area (Å²) in [4.78, 5) is 0. The SMILES string of the molecule is CNC(c1ccccc1C(C)(C)C)c1occc1Br. The van der Waals surface area contributed by atoms with Gasteiger partial charge in [0.1, 0.15) is 5.76 Å². The van der Waals surface area contributed by atoms with Crippen molar-refractivity contribution in [3.63, 3.8) is 0 Å². The first-order valence-electron chi connectivity index (χ1n) is 6.44. The van der Waals surface area contributed by atoms with Gasteiger partial charge in [0.25, 0.3) is 0 Å². The topological polar surface area (TPSA) is 25.2 Å². The van der Waals surface area contributed by atoms with Gasteiger partial charge < -0.3 is 9.73 Å². The Balaban J connectivity index is 2.54. The Morgan fingerprint density at radius 2 is 1.84 bits per heavy atom. The molecule has 3 heteroatoms. The normalized spacial score (nSPS) is 13.5. The number of rotatable bonds is 3. The lowest BCUT2D eigenvalue weighted by Gasteiger charge is -2.26. The van der Waals surface area contributed by atoms with Crippen LogP contribution in [0.5, 0.6) is 0 Å². The molecular formula is C16H20BrNO. The molecule has 1 N–H and O–H groups in total. The highest BCUT2D eigenvalue weighted by Gasteiger charge is 2.25. The van der Waals surface area contributed by atoms with Gasteiger partial charge in [0.15, 0.2) is 0 Å². The number of hydrogen-bond acceptors (Lipinski definition) is 2. The minimum atomic E-state index is 0.0554. The minimum absolute atomic E-state index is 0.0554. The van der Waals surface area contributed by atoms with Gasteiger partial charge in [0, 0.05) is 0 Å². The lowest BCUT2D eigenvalue weighted by Crippen LogP contribution is -2.23. The summed E-state index contributed by atoms with van der Waals surface area (Å²) in [6.45, 7) is 6.70. The summed E-state index contributed by atoms with van der Waals surface area (Å²) in [5, 5.41) is 3.35. The van der Waals surface area contributed by atoms with E-state index in [-0.39, 0.29) is 11.5 Å². The zero-order valence-electron chi connectivity index (χ0n) is 11.8. The van der Waals surface area contributed by atoms with Crippen LogP contribution in [0.2, 0.25) is 0 Å². The fourth-order valence-electron chi connectivity index (χ4n) is 2.37. The first-order valence-corrected chi connectivity index (χ1v) is 7.24. The van der Waals surface area contributed by atoms with Gasteiger partial charge in [-0.3, -0.25) is 0 Å². The Bertz CT molecular complexity index is 554. The lowest BCUT2D eigenvalue weighted by atomic mass is 9.81. The molecule has 0 bridgehead atoms. The molecule has 0 aliphatic carbocycles. The number of benzene rings is 1. The predicted molar refractivity (Wildman–Crippen MR) is 82.5 cm³/mol. The zero-order valence-corrected chi connectivity index (χ0v) is 13.4. The predicted octanol–water partition coefficient (Wildman–Crippen LogP) is 4.65. The van der Waals surface area contributed by atoms with Crippen molar-refractivity contribution in [2.24, 2.45) is 0 Å². The standard InChI is InChI=1S/C16H20BrNO/c1-16(2,3)12-8-6-5-7-11(12)14(18-4)15-13(17)9-10-19-15/h5-10,14,18H,1-4H3. The lowest BCUT2D eigenvalue weighted by molar-refractivity contribution is 0.454. The van der Waals surface area contributed by atoms with Crippen molar-refractivity contribution >= 4 is 15.9 Å². The zero-order chi connectivity index (χ0) is 14.0. The number of nitrogens with one attached hydrogen (secondary N) is 1. The summed E-state index contributed by atoms with van der Waals surface area (Å²) < 4.78 is 6.63. The average molecular weight is 322 g/mol. The highest BCUT2D eigenvalue weighted by atomic mass is 79.9. The maximum absolute atomic E-state index is 5.63. The molecule has 0 aliphatic rings. The van der Waals surface area contributed by atoms with Crippen LogP contribution in [-0.2, 0) is 5.41 Å². The molecule has 0 saturated carbocycles. The Hall–Kier alpha value is -1.06. The van der Waals surface area contributed by atoms with Crippen LogP contribution in [-0.4, -0.2) is 7.05 Å². The van der Waals surface area contributed by atoms with Gasteiger partial charge >= 0.3 is 0 Å². The van der Waals surface area contributed by atoms with Crippen LogP contribution in [0, 0.1) is 0 Å². The number of hydrogen-bond donors (Lipinski definition) is 1. The van der Waals surface area contributed by atoms with Gasteiger partial charge in [-0.05, 0) is 45.6 Å². The van der Waals surface area contributed by atoms with E-state index >= 15 is 0 Å². The molecule has 0 saturated heterocycles. The molecule has 1 aromatic heterocycles. The number of halogens is 1.